The molecule has 1 saturated heterocycles. The largest absolute Gasteiger partial charge is 0.351 e. The van der Waals surface area contributed by atoms with Crippen molar-refractivity contribution in [1.82, 2.24) is 14.7 Å². The predicted octanol–water partition coefficient (Wildman–Crippen LogP) is 4.43. The highest BCUT2D eigenvalue weighted by Gasteiger charge is 2.43. The minimum absolute atomic E-state index is 0.00610. The van der Waals surface area contributed by atoms with Crippen molar-refractivity contribution in [3.63, 3.8) is 0 Å². The van der Waals surface area contributed by atoms with Crippen molar-refractivity contribution in [2.45, 2.75) is 76.2 Å². The van der Waals surface area contributed by atoms with Crippen molar-refractivity contribution in [3.05, 3.63) is 47.4 Å². The van der Waals surface area contributed by atoms with Gasteiger partial charge in [0.2, 0.25) is 0 Å². The Morgan fingerprint density at radius 3 is 2.59 bits per heavy atom. The Labute approximate surface area is 202 Å². The molecule has 1 aliphatic heterocycles. The molecule has 4 atom stereocenters. The molecule has 8 heteroatoms. The Kier molecular flexibility index (Phi) is 5.70. The van der Waals surface area contributed by atoms with Gasteiger partial charge >= 0.3 is 0 Å². The number of aromatic nitrogens is 2. The van der Waals surface area contributed by atoms with Crippen molar-refractivity contribution in [1.29, 1.82) is 0 Å². The van der Waals surface area contributed by atoms with Crippen molar-refractivity contribution in [3.8, 4) is 0 Å². The average molecular weight is 483 g/mol. The molecule has 1 N–H and O–H groups in total. The number of nitrogens with zero attached hydrogens (tertiary/aromatic N) is 3. The van der Waals surface area contributed by atoms with Crippen LogP contribution in [0.2, 0.25) is 0 Å². The molecule has 2 aromatic heterocycles. The number of nitrogens with one attached hydrogen (secondary N) is 1. The highest BCUT2D eigenvalue weighted by Crippen LogP contribution is 2.53. The summed E-state index contributed by atoms with van der Waals surface area (Å²) in [5.41, 5.74) is 1.52. The first kappa shape index (κ1) is 23.3. The molecule has 0 aromatic carbocycles. The van der Waals surface area contributed by atoms with Gasteiger partial charge in [0.25, 0.3) is 15.9 Å². The zero-order valence-electron chi connectivity index (χ0n) is 20.4. The number of carbonyl (C=O) groups is 1. The predicted molar refractivity (Wildman–Crippen MR) is 131 cm³/mol. The SMILES string of the molecule is Cc1ncccc1S(=O)(=O)NC(=O)c1ccc(C2CC3CCC2C3)nc1N1C[C@@H](C)CC1(C)C. The topological polar surface area (TPSA) is 92.3 Å². The quantitative estimate of drug-likeness (QED) is 0.678. The zero-order chi connectivity index (χ0) is 24.3. The van der Waals surface area contributed by atoms with Gasteiger partial charge in [0.05, 0.1) is 11.3 Å². The van der Waals surface area contributed by atoms with E-state index in [0.717, 1.165) is 31.0 Å². The smallest absolute Gasteiger partial charge is 0.268 e. The first-order valence-corrected chi connectivity index (χ1v) is 13.8. The second-order valence-electron chi connectivity index (χ2n) is 11.1. The van der Waals surface area contributed by atoms with Crippen LogP contribution in [0, 0.1) is 24.7 Å². The molecule has 3 heterocycles. The van der Waals surface area contributed by atoms with E-state index in [1.807, 2.05) is 6.07 Å². The van der Waals surface area contributed by atoms with Gasteiger partial charge in [-0.25, -0.2) is 18.1 Å². The summed E-state index contributed by atoms with van der Waals surface area (Å²) in [6.45, 7) is 8.94. The van der Waals surface area contributed by atoms with E-state index >= 15 is 0 Å². The fourth-order valence-corrected chi connectivity index (χ4v) is 7.77. The molecular formula is C26H34N4O3S. The van der Waals surface area contributed by atoms with E-state index in [0.29, 0.717) is 34.8 Å². The number of anilines is 1. The van der Waals surface area contributed by atoms with Crippen LogP contribution in [0.4, 0.5) is 5.82 Å². The Morgan fingerprint density at radius 2 is 1.97 bits per heavy atom. The first-order valence-electron chi connectivity index (χ1n) is 12.3. The van der Waals surface area contributed by atoms with E-state index < -0.39 is 15.9 Å². The molecule has 3 aliphatic rings. The Hall–Kier alpha value is -2.48. The summed E-state index contributed by atoms with van der Waals surface area (Å²) in [4.78, 5) is 24.7. The maximum Gasteiger partial charge on any atom is 0.268 e. The van der Waals surface area contributed by atoms with Gasteiger partial charge in [-0.3, -0.25) is 9.78 Å². The molecule has 5 rings (SSSR count). The maximum atomic E-state index is 13.4. The number of hydrogen-bond acceptors (Lipinski definition) is 6. The molecule has 2 saturated carbocycles. The van der Waals surface area contributed by atoms with Gasteiger partial charge in [0, 0.05) is 29.9 Å². The third kappa shape index (κ3) is 4.10. The van der Waals surface area contributed by atoms with E-state index in [2.05, 4.69) is 35.4 Å². The highest BCUT2D eigenvalue weighted by atomic mass is 32.2. The van der Waals surface area contributed by atoms with Crippen LogP contribution < -0.4 is 9.62 Å². The molecule has 3 unspecified atom stereocenters. The van der Waals surface area contributed by atoms with Gasteiger partial charge in [-0.05, 0) is 88.5 Å². The summed E-state index contributed by atoms with van der Waals surface area (Å²) in [5.74, 6) is 2.30. The van der Waals surface area contributed by atoms with Gasteiger partial charge in [0.1, 0.15) is 10.7 Å². The third-order valence-electron chi connectivity index (χ3n) is 8.06. The van der Waals surface area contributed by atoms with Crippen LogP contribution in [0.1, 0.15) is 80.5 Å². The second-order valence-corrected chi connectivity index (χ2v) is 12.8. The molecule has 7 nitrogen and oxygen atoms in total. The molecule has 182 valence electrons. The first-order chi connectivity index (χ1) is 16.0. The lowest BCUT2D eigenvalue weighted by atomic mass is 9.86. The molecule has 2 aromatic rings. The summed E-state index contributed by atoms with van der Waals surface area (Å²) >= 11 is 0. The van der Waals surface area contributed by atoms with Crippen molar-refractivity contribution in [2.75, 3.05) is 11.4 Å². The van der Waals surface area contributed by atoms with E-state index in [4.69, 9.17) is 4.98 Å². The van der Waals surface area contributed by atoms with Gasteiger partial charge in [0.15, 0.2) is 0 Å². The molecule has 34 heavy (non-hydrogen) atoms. The lowest BCUT2D eigenvalue weighted by Crippen LogP contribution is -2.41. The van der Waals surface area contributed by atoms with Crippen LogP contribution in [-0.4, -0.2) is 36.4 Å². The fraction of sp³-hybridized carbons (Fsp3) is 0.577. The number of aryl methyl sites for hydroxylation is 1. The second kappa shape index (κ2) is 8.33. The van der Waals surface area contributed by atoms with Gasteiger partial charge in [-0.15, -0.1) is 0 Å². The minimum atomic E-state index is -4.06. The fourth-order valence-electron chi connectivity index (χ4n) is 6.60. The molecule has 0 radical (unpaired) electrons. The van der Waals surface area contributed by atoms with Crippen LogP contribution in [-0.2, 0) is 10.0 Å². The Balaban J connectivity index is 1.52. The summed E-state index contributed by atoms with van der Waals surface area (Å²) in [6.07, 6.45) is 7.53. The van der Waals surface area contributed by atoms with Crippen LogP contribution in [0.15, 0.2) is 35.4 Å². The van der Waals surface area contributed by atoms with E-state index in [1.165, 1.54) is 31.5 Å². The molecule has 2 bridgehead atoms. The van der Waals surface area contributed by atoms with E-state index in [9.17, 15) is 13.2 Å². The maximum absolute atomic E-state index is 13.4. The molecule has 2 aliphatic carbocycles. The van der Waals surface area contributed by atoms with E-state index in [1.54, 1.807) is 19.1 Å². The van der Waals surface area contributed by atoms with Crippen LogP contribution in [0.3, 0.4) is 0 Å². The van der Waals surface area contributed by atoms with Crippen LogP contribution >= 0.6 is 0 Å². The number of hydrogen-bond donors (Lipinski definition) is 1. The van der Waals surface area contributed by atoms with Crippen molar-refractivity contribution in [2.24, 2.45) is 17.8 Å². The number of pyridine rings is 2. The molecule has 3 fully saturated rings. The highest BCUT2D eigenvalue weighted by molar-refractivity contribution is 7.90. The Bertz CT molecular complexity index is 1230. The third-order valence-corrected chi connectivity index (χ3v) is 9.53. The van der Waals surface area contributed by atoms with Gasteiger partial charge in [-0.2, -0.15) is 0 Å². The van der Waals surface area contributed by atoms with Gasteiger partial charge in [-0.1, -0.05) is 13.3 Å². The van der Waals surface area contributed by atoms with Crippen LogP contribution in [0.5, 0.6) is 0 Å². The minimum Gasteiger partial charge on any atom is -0.351 e. The molecule has 1 amide bonds. The van der Waals surface area contributed by atoms with Crippen molar-refractivity contribution < 1.29 is 13.2 Å². The standard InChI is InChI=1S/C26H34N4O3S/c1-16-14-26(3,4)30(15-16)24-20(9-10-22(28-24)21-13-18-7-8-19(21)12-18)25(31)29-34(32,33)23-6-5-11-27-17(23)2/h5-6,9-11,16,18-19,21H,7-8,12-15H2,1-4H3,(H,29,31)/t16-,18?,19?,21?/m0/s1. The zero-order valence-corrected chi connectivity index (χ0v) is 21.2. The summed E-state index contributed by atoms with van der Waals surface area (Å²) in [6, 6.07) is 6.74. The Morgan fingerprint density at radius 1 is 1.18 bits per heavy atom. The number of amides is 1. The lowest BCUT2D eigenvalue weighted by molar-refractivity contribution is 0.0981. The lowest BCUT2D eigenvalue weighted by Gasteiger charge is -2.34. The molecule has 0 spiro atoms. The number of sulfonamides is 1. The molecular weight excluding hydrogens is 448 g/mol. The van der Waals surface area contributed by atoms with E-state index in [-0.39, 0.29) is 10.4 Å². The summed E-state index contributed by atoms with van der Waals surface area (Å²) in [5, 5.41) is 0. The normalized spacial score (nSPS) is 27.8. The monoisotopic (exact) mass is 482 g/mol. The summed E-state index contributed by atoms with van der Waals surface area (Å²) < 4.78 is 28.3. The summed E-state index contributed by atoms with van der Waals surface area (Å²) in [7, 11) is -4.06. The number of carbonyl (C=O) groups excluding carboxylic acids is 1. The van der Waals surface area contributed by atoms with Gasteiger partial charge < -0.3 is 4.90 Å². The van der Waals surface area contributed by atoms with Crippen LogP contribution in [0.25, 0.3) is 0 Å². The van der Waals surface area contributed by atoms with Crippen molar-refractivity contribution >= 4 is 21.7 Å². The number of rotatable bonds is 5. The average Bonchev–Trinajstić information content (AvgIpc) is 3.47. The number of fused-ring (bicyclic) bond motifs is 2.